The van der Waals surface area contributed by atoms with Crippen LogP contribution in [-0.4, -0.2) is 48.9 Å². The Morgan fingerprint density at radius 1 is 1.19 bits per heavy atom. The first kappa shape index (κ1) is 24.6. The van der Waals surface area contributed by atoms with E-state index in [0.717, 1.165) is 32.0 Å². The van der Waals surface area contributed by atoms with E-state index in [0.29, 0.717) is 19.1 Å². The summed E-state index contributed by atoms with van der Waals surface area (Å²) < 4.78 is 7.09. The highest BCUT2D eigenvalue weighted by atomic mass is 127. The van der Waals surface area contributed by atoms with E-state index in [1.54, 1.807) is 6.92 Å². The number of carbonyl (C=O) groups excluding carboxylic acids is 1. The molecular weight excluding hydrogens is 445 g/mol. The highest BCUT2D eigenvalue weighted by molar-refractivity contribution is 14.0. The summed E-state index contributed by atoms with van der Waals surface area (Å²) in [6.45, 7) is 11.4. The lowest BCUT2D eigenvalue weighted by molar-refractivity contribution is 0.147. The Balaban J connectivity index is 0.00000625. The second-order valence-electron chi connectivity index (χ2n) is 6.26. The summed E-state index contributed by atoms with van der Waals surface area (Å²) in [6, 6.07) is 3.98. The molecule has 1 aromatic heterocycles. The minimum absolute atomic E-state index is 0. The van der Waals surface area contributed by atoms with Crippen molar-refractivity contribution in [1.82, 2.24) is 20.5 Å². The molecule has 0 saturated carbocycles. The predicted octanol–water partition coefficient (Wildman–Crippen LogP) is 2.82. The van der Waals surface area contributed by atoms with Crippen LogP contribution in [0.4, 0.5) is 4.79 Å². The Kier molecular flexibility index (Phi) is 13.9. The van der Waals surface area contributed by atoms with Gasteiger partial charge in [-0.15, -0.1) is 24.0 Å². The lowest BCUT2D eigenvalue weighted by Crippen LogP contribution is -2.42. The third kappa shape index (κ3) is 11.2. The summed E-state index contributed by atoms with van der Waals surface area (Å²) in [5.74, 6) is 1.22. The lowest BCUT2D eigenvalue weighted by atomic mass is 10.0. The van der Waals surface area contributed by atoms with Crippen molar-refractivity contribution in [2.24, 2.45) is 10.9 Å². The Labute approximate surface area is 174 Å². The number of nitrogens with zero attached hydrogens (tertiary/aromatic N) is 2. The van der Waals surface area contributed by atoms with Crippen LogP contribution in [0, 0.1) is 5.92 Å². The highest BCUT2D eigenvalue weighted by Crippen LogP contribution is 2.05. The number of aromatic nitrogens is 1. The van der Waals surface area contributed by atoms with Crippen molar-refractivity contribution >= 4 is 36.0 Å². The first-order valence-corrected chi connectivity index (χ1v) is 9.11. The van der Waals surface area contributed by atoms with E-state index < -0.39 is 0 Å². The van der Waals surface area contributed by atoms with Crippen molar-refractivity contribution in [3.8, 4) is 0 Å². The van der Waals surface area contributed by atoms with Crippen molar-refractivity contribution in [2.75, 3.05) is 26.2 Å². The van der Waals surface area contributed by atoms with Crippen LogP contribution in [0.15, 0.2) is 29.5 Å². The minimum Gasteiger partial charge on any atom is -0.450 e. The Hall–Kier alpha value is -1.45. The van der Waals surface area contributed by atoms with Crippen molar-refractivity contribution in [2.45, 2.75) is 46.7 Å². The van der Waals surface area contributed by atoms with Gasteiger partial charge in [-0.25, -0.2) is 4.79 Å². The Morgan fingerprint density at radius 2 is 1.88 bits per heavy atom. The summed E-state index contributed by atoms with van der Waals surface area (Å²) in [7, 11) is 0. The second-order valence-corrected chi connectivity index (χ2v) is 6.26. The maximum atomic E-state index is 11.7. The van der Waals surface area contributed by atoms with Crippen LogP contribution < -0.4 is 16.0 Å². The molecule has 26 heavy (non-hydrogen) atoms. The molecule has 150 valence electrons. The third-order valence-electron chi connectivity index (χ3n) is 3.50. The second kappa shape index (κ2) is 14.7. The van der Waals surface area contributed by atoms with Gasteiger partial charge in [0.05, 0.1) is 19.2 Å². The number of ether oxygens (including phenoxy) is 1. The number of hydrogen-bond donors (Lipinski definition) is 3. The molecule has 3 N–H and O–H groups in total. The smallest absolute Gasteiger partial charge is 0.407 e. The van der Waals surface area contributed by atoms with Crippen molar-refractivity contribution < 1.29 is 9.53 Å². The Morgan fingerprint density at radius 3 is 2.46 bits per heavy atom. The molecule has 1 amide bonds. The van der Waals surface area contributed by atoms with Crippen LogP contribution in [0.1, 0.15) is 34.1 Å². The zero-order chi connectivity index (χ0) is 18.5. The zero-order valence-electron chi connectivity index (χ0n) is 16.3. The van der Waals surface area contributed by atoms with E-state index in [4.69, 9.17) is 4.74 Å². The fourth-order valence-corrected chi connectivity index (χ4v) is 2.45. The number of rotatable bonds is 10. The summed E-state index contributed by atoms with van der Waals surface area (Å²) >= 11 is 0. The van der Waals surface area contributed by atoms with Gasteiger partial charge in [-0.1, -0.05) is 13.8 Å². The number of halogens is 1. The molecule has 0 radical (unpaired) electrons. The van der Waals surface area contributed by atoms with Crippen molar-refractivity contribution in [1.29, 1.82) is 0 Å². The molecule has 1 unspecified atom stereocenters. The molecule has 1 atom stereocenters. The molecule has 1 heterocycles. The fourth-order valence-electron chi connectivity index (χ4n) is 2.45. The quantitative estimate of drug-likeness (QED) is 0.274. The Bertz CT molecular complexity index is 506. The average molecular weight is 479 g/mol. The molecule has 0 aromatic carbocycles. The van der Waals surface area contributed by atoms with Gasteiger partial charge in [-0.05, 0) is 38.3 Å². The van der Waals surface area contributed by atoms with Gasteiger partial charge >= 0.3 is 6.09 Å². The van der Waals surface area contributed by atoms with E-state index in [2.05, 4.69) is 39.4 Å². The SMILES string of the molecule is CCNC(=NCC(CC(C)C)NC(=O)OCC)NCCn1cccc1.I. The number of alkyl carbamates (subject to hydrolysis) is 1. The van der Waals surface area contributed by atoms with Gasteiger partial charge in [0.1, 0.15) is 0 Å². The highest BCUT2D eigenvalue weighted by Gasteiger charge is 2.14. The molecular formula is C18H34IN5O2. The minimum atomic E-state index is -0.381. The number of carbonyl (C=O) groups is 1. The molecule has 8 heteroatoms. The fraction of sp³-hybridized carbons (Fsp3) is 0.667. The van der Waals surface area contributed by atoms with E-state index in [1.807, 2.05) is 31.5 Å². The summed E-state index contributed by atoms with van der Waals surface area (Å²) in [4.78, 5) is 16.3. The maximum absolute atomic E-state index is 11.7. The summed E-state index contributed by atoms with van der Waals surface area (Å²) in [5, 5.41) is 9.45. The topological polar surface area (TPSA) is 79.7 Å². The molecule has 1 aromatic rings. The number of nitrogens with one attached hydrogen (secondary N) is 3. The summed E-state index contributed by atoms with van der Waals surface area (Å²) in [6.07, 6.45) is 4.54. The molecule has 0 aliphatic rings. The average Bonchev–Trinajstić information content (AvgIpc) is 3.05. The van der Waals surface area contributed by atoms with E-state index in [-0.39, 0.29) is 36.1 Å². The van der Waals surface area contributed by atoms with Gasteiger partial charge in [0.2, 0.25) is 0 Å². The molecule has 1 rings (SSSR count). The van der Waals surface area contributed by atoms with Crippen molar-refractivity contribution in [3.63, 3.8) is 0 Å². The predicted molar refractivity (Wildman–Crippen MR) is 117 cm³/mol. The molecule has 0 aliphatic heterocycles. The van der Waals surface area contributed by atoms with Crippen LogP contribution in [0.5, 0.6) is 0 Å². The monoisotopic (exact) mass is 479 g/mol. The van der Waals surface area contributed by atoms with Gasteiger partial charge in [0.25, 0.3) is 0 Å². The van der Waals surface area contributed by atoms with Crippen LogP contribution in [0.25, 0.3) is 0 Å². The molecule has 0 aliphatic carbocycles. The number of amides is 1. The van der Waals surface area contributed by atoms with Crippen LogP contribution >= 0.6 is 24.0 Å². The van der Waals surface area contributed by atoms with E-state index >= 15 is 0 Å². The number of guanidine groups is 1. The number of aliphatic imine (C=N–C) groups is 1. The molecule has 0 spiro atoms. The van der Waals surface area contributed by atoms with Gasteiger partial charge in [-0.2, -0.15) is 0 Å². The zero-order valence-corrected chi connectivity index (χ0v) is 18.7. The molecule has 0 fully saturated rings. The lowest BCUT2D eigenvalue weighted by Gasteiger charge is -2.19. The van der Waals surface area contributed by atoms with Crippen LogP contribution in [0.2, 0.25) is 0 Å². The first-order chi connectivity index (χ1) is 12.0. The standard InChI is InChI=1S/C18H33N5O2.HI/c1-5-19-17(20-9-12-23-10-7-8-11-23)21-14-16(13-15(3)4)22-18(24)25-6-2;/h7-8,10-11,15-16H,5-6,9,12-14H2,1-4H3,(H,22,24)(H2,19,20,21);1H. The molecule has 0 saturated heterocycles. The van der Waals surface area contributed by atoms with Gasteiger partial charge in [0.15, 0.2) is 5.96 Å². The van der Waals surface area contributed by atoms with Crippen LogP contribution in [0.3, 0.4) is 0 Å². The maximum Gasteiger partial charge on any atom is 0.407 e. The number of hydrogen-bond acceptors (Lipinski definition) is 3. The largest absolute Gasteiger partial charge is 0.450 e. The molecule has 0 bridgehead atoms. The summed E-state index contributed by atoms with van der Waals surface area (Å²) in [5.41, 5.74) is 0. The third-order valence-corrected chi connectivity index (χ3v) is 3.50. The van der Waals surface area contributed by atoms with Gasteiger partial charge in [0, 0.05) is 32.0 Å². The van der Waals surface area contributed by atoms with Crippen LogP contribution in [-0.2, 0) is 11.3 Å². The first-order valence-electron chi connectivity index (χ1n) is 9.11. The van der Waals surface area contributed by atoms with E-state index in [1.165, 1.54) is 0 Å². The normalized spacial score (nSPS) is 12.3. The molecule has 7 nitrogen and oxygen atoms in total. The van der Waals surface area contributed by atoms with E-state index in [9.17, 15) is 4.79 Å². The van der Waals surface area contributed by atoms with Gasteiger partial charge in [-0.3, -0.25) is 4.99 Å². The van der Waals surface area contributed by atoms with Crippen molar-refractivity contribution in [3.05, 3.63) is 24.5 Å². The van der Waals surface area contributed by atoms with Gasteiger partial charge < -0.3 is 25.3 Å².